The maximum atomic E-state index is 13.5. The Bertz CT molecular complexity index is 1370. The fourth-order valence-electron chi connectivity index (χ4n) is 7.73. The SMILES string of the molecule is COc1ccc(-n2c(O)c(C=NC(C)C34CC5CC(CC(C5)C3)C4)c3ccccc3c2=O)cc1OC. The highest BCUT2D eigenvalue weighted by molar-refractivity contribution is 6.01. The van der Waals surface area contributed by atoms with Crippen molar-refractivity contribution in [3.05, 3.63) is 58.4 Å². The molecule has 4 fully saturated rings. The van der Waals surface area contributed by atoms with E-state index in [4.69, 9.17) is 14.5 Å². The Hall–Kier alpha value is -3.28. The van der Waals surface area contributed by atoms with E-state index in [-0.39, 0.29) is 22.9 Å². The van der Waals surface area contributed by atoms with E-state index in [2.05, 4.69) is 6.92 Å². The van der Waals surface area contributed by atoms with Crippen LogP contribution >= 0.6 is 0 Å². The van der Waals surface area contributed by atoms with Crippen LogP contribution in [-0.4, -0.2) is 36.1 Å². The molecule has 4 aliphatic rings. The molecule has 0 amide bonds. The number of nitrogens with zero attached hydrogens (tertiary/aromatic N) is 2. The zero-order valence-corrected chi connectivity index (χ0v) is 21.2. The lowest BCUT2D eigenvalue weighted by Gasteiger charge is -2.58. The van der Waals surface area contributed by atoms with Crippen LogP contribution in [0, 0.1) is 23.2 Å². The number of ether oxygens (including phenoxy) is 2. The fourth-order valence-corrected chi connectivity index (χ4v) is 7.73. The second-order valence-corrected chi connectivity index (χ2v) is 11.2. The molecule has 1 N–H and O–H groups in total. The number of benzene rings is 2. The number of pyridine rings is 1. The molecule has 1 aromatic heterocycles. The summed E-state index contributed by atoms with van der Waals surface area (Å²) in [6.07, 6.45) is 9.82. The van der Waals surface area contributed by atoms with E-state index in [9.17, 15) is 9.90 Å². The zero-order chi connectivity index (χ0) is 25.0. The molecule has 2 aromatic carbocycles. The molecule has 0 radical (unpaired) electrons. The first-order valence-corrected chi connectivity index (χ1v) is 13.0. The van der Waals surface area contributed by atoms with Gasteiger partial charge in [-0.25, -0.2) is 4.57 Å². The molecule has 4 aliphatic carbocycles. The van der Waals surface area contributed by atoms with Gasteiger partial charge in [0.2, 0.25) is 5.88 Å². The molecule has 36 heavy (non-hydrogen) atoms. The third kappa shape index (κ3) is 3.61. The van der Waals surface area contributed by atoms with Crippen LogP contribution < -0.4 is 15.0 Å². The van der Waals surface area contributed by atoms with E-state index in [0.29, 0.717) is 33.5 Å². The average molecular weight is 487 g/mol. The van der Waals surface area contributed by atoms with Crippen LogP contribution in [0.25, 0.3) is 16.5 Å². The van der Waals surface area contributed by atoms with Crippen LogP contribution in [0.4, 0.5) is 0 Å². The second kappa shape index (κ2) is 8.68. The minimum absolute atomic E-state index is 0.118. The van der Waals surface area contributed by atoms with Gasteiger partial charge in [0.15, 0.2) is 11.5 Å². The van der Waals surface area contributed by atoms with Crippen molar-refractivity contribution < 1.29 is 14.6 Å². The first-order chi connectivity index (χ1) is 17.4. The van der Waals surface area contributed by atoms with Gasteiger partial charge in [-0.15, -0.1) is 0 Å². The van der Waals surface area contributed by atoms with Crippen molar-refractivity contribution in [2.24, 2.45) is 28.2 Å². The third-order valence-electron chi connectivity index (χ3n) is 9.13. The van der Waals surface area contributed by atoms with Gasteiger partial charge in [-0.3, -0.25) is 9.79 Å². The van der Waals surface area contributed by atoms with Crippen molar-refractivity contribution in [2.75, 3.05) is 14.2 Å². The van der Waals surface area contributed by atoms with Gasteiger partial charge < -0.3 is 14.6 Å². The van der Waals surface area contributed by atoms with E-state index in [1.807, 2.05) is 18.2 Å². The highest BCUT2D eigenvalue weighted by Crippen LogP contribution is 2.61. The molecule has 0 saturated heterocycles. The van der Waals surface area contributed by atoms with Crippen LogP contribution in [0.2, 0.25) is 0 Å². The molecule has 0 spiro atoms. The Morgan fingerprint density at radius 1 is 0.972 bits per heavy atom. The lowest BCUT2D eigenvalue weighted by atomic mass is 9.48. The highest BCUT2D eigenvalue weighted by Gasteiger charge is 2.53. The zero-order valence-electron chi connectivity index (χ0n) is 21.2. The molecule has 6 nitrogen and oxygen atoms in total. The van der Waals surface area contributed by atoms with Gasteiger partial charge in [0.05, 0.1) is 31.5 Å². The summed E-state index contributed by atoms with van der Waals surface area (Å²) < 4.78 is 12.1. The van der Waals surface area contributed by atoms with Crippen LogP contribution in [0.3, 0.4) is 0 Å². The van der Waals surface area contributed by atoms with Crippen molar-refractivity contribution in [3.63, 3.8) is 0 Å². The topological polar surface area (TPSA) is 73.0 Å². The van der Waals surface area contributed by atoms with Crippen molar-refractivity contribution in [2.45, 2.75) is 51.5 Å². The fraction of sp³-hybridized carbons (Fsp3) is 0.467. The molecule has 1 heterocycles. The van der Waals surface area contributed by atoms with Gasteiger partial charge >= 0.3 is 0 Å². The lowest BCUT2D eigenvalue weighted by molar-refractivity contribution is -0.0632. The minimum atomic E-state index is -0.290. The number of rotatable bonds is 6. The lowest BCUT2D eigenvalue weighted by Crippen LogP contribution is -2.50. The van der Waals surface area contributed by atoms with Crippen molar-refractivity contribution in [3.8, 4) is 23.1 Å². The summed E-state index contributed by atoms with van der Waals surface area (Å²) in [5.74, 6) is 3.49. The van der Waals surface area contributed by atoms with E-state index in [1.165, 1.54) is 43.1 Å². The maximum Gasteiger partial charge on any atom is 0.265 e. The van der Waals surface area contributed by atoms with Crippen LogP contribution in [0.15, 0.2) is 52.3 Å². The standard InChI is InChI=1S/C30H34N2O4/c1-18(30-14-19-10-20(15-30)12-21(11-19)16-30)31-17-25-23-6-4-5-7-24(23)28(33)32(29(25)34)22-8-9-26(35-2)27(13-22)36-3/h4-9,13,17-21,34H,10-12,14-16H2,1-3H3. The first kappa shape index (κ1) is 23.1. The Kier molecular flexibility index (Phi) is 5.58. The molecule has 4 bridgehead atoms. The van der Waals surface area contributed by atoms with Crippen molar-refractivity contribution in [1.29, 1.82) is 0 Å². The molecule has 1 unspecified atom stereocenters. The van der Waals surface area contributed by atoms with Gasteiger partial charge in [-0.05, 0) is 86.8 Å². The molecule has 1 atom stereocenters. The number of hydrogen-bond donors (Lipinski definition) is 1. The largest absolute Gasteiger partial charge is 0.494 e. The number of aromatic hydroxyl groups is 1. The Morgan fingerprint density at radius 2 is 1.58 bits per heavy atom. The summed E-state index contributed by atoms with van der Waals surface area (Å²) >= 11 is 0. The van der Waals surface area contributed by atoms with E-state index < -0.39 is 0 Å². The predicted molar refractivity (Wildman–Crippen MR) is 142 cm³/mol. The van der Waals surface area contributed by atoms with Gasteiger partial charge in [-0.1, -0.05) is 18.2 Å². The van der Waals surface area contributed by atoms with Gasteiger partial charge in [0.1, 0.15) is 0 Å². The first-order valence-electron chi connectivity index (χ1n) is 13.0. The van der Waals surface area contributed by atoms with Crippen molar-refractivity contribution >= 4 is 17.0 Å². The number of aliphatic imine (C=N–C) groups is 1. The summed E-state index contributed by atoms with van der Waals surface area (Å²) in [7, 11) is 3.12. The van der Waals surface area contributed by atoms with Gasteiger partial charge in [0, 0.05) is 23.1 Å². The number of methoxy groups -OCH3 is 2. The van der Waals surface area contributed by atoms with Crippen LogP contribution in [0.1, 0.15) is 51.0 Å². The number of hydrogen-bond acceptors (Lipinski definition) is 5. The van der Waals surface area contributed by atoms with Crippen molar-refractivity contribution in [1.82, 2.24) is 4.57 Å². The molecular formula is C30H34N2O4. The summed E-state index contributed by atoms with van der Waals surface area (Å²) in [4.78, 5) is 18.6. The minimum Gasteiger partial charge on any atom is -0.494 e. The normalized spacial score (nSPS) is 27.6. The second-order valence-electron chi connectivity index (χ2n) is 11.2. The Morgan fingerprint density at radius 3 is 2.19 bits per heavy atom. The van der Waals surface area contributed by atoms with E-state index >= 15 is 0 Å². The third-order valence-corrected chi connectivity index (χ3v) is 9.13. The summed E-state index contributed by atoms with van der Waals surface area (Å²) in [6, 6.07) is 12.8. The molecule has 188 valence electrons. The molecule has 6 heteroatoms. The predicted octanol–water partition coefficient (Wildman–Crippen LogP) is 5.74. The summed E-state index contributed by atoms with van der Waals surface area (Å²) in [6.45, 7) is 2.24. The highest BCUT2D eigenvalue weighted by atomic mass is 16.5. The number of fused-ring (bicyclic) bond motifs is 1. The van der Waals surface area contributed by atoms with Crippen LogP contribution in [-0.2, 0) is 0 Å². The average Bonchev–Trinajstić information content (AvgIpc) is 2.87. The quantitative estimate of drug-likeness (QED) is 0.451. The van der Waals surface area contributed by atoms with Crippen LogP contribution in [0.5, 0.6) is 17.4 Å². The van der Waals surface area contributed by atoms with E-state index in [0.717, 1.165) is 17.8 Å². The van der Waals surface area contributed by atoms with Gasteiger partial charge in [0.25, 0.3) is 5.56 Å². The molecule has 4 saturated carbocycles. The van der Waals surface area contributed by atoms with Gasteiger partial charge in [-0.2, -0.15) is 0 Å². The molecular weight excluding hydrogens is 452 g/mol. The number of aromatic nitrogens is 1. The Labute approximate surface area is 211 Å². The van der Waals surface area contributed by atoms with E-state index in [1.54, 1.807) is 44.7 Å². The maximum absolute atomic E-state index is 13.5. The Balaban J connectivity index is 1.44. The smallest absolute Gasteiger partial charge is 0.265 e. The molecule has 7 rings (SSSR count). The summed E-state index contributed by atoms with van der Waals surface area (Å²) in [5.41, 5.74) is 1.05. The molecule has 3 aromatic rings. The molecule has 0 aliphatic heterocycles. The summed E-state index contributed by atoms with van der Waals surface area (Å²) in [5, 5.41) is 12.7. The monoisotopic (exact) mass is 486 g/mol.